The third kappa shape index (κ3) is 4.62. The van der Waals surface area contributed by atoms with Crippen molar-refractivity contribution in [2.75, 3.05) is 25.0 Å². The molecule has 0 amide bonds. The van der Waals surface area contributed by atoms with Crippen LogP contribution in [0.3, 0.4) is 0 Å². The normalized spacial score (nSPS) is 16.7. The van der Waals surface area contributed by atoms with Crippen LogP contribution in [0.1, 0.15) is 17.5 Å². The van der Waals surface area contributed by atoms with Gasteiger partial charge in [0.1, 0.15) is 5.82 Å². The number of fused-ring (bicyclic) bond motifs is 1. The summed E-state index contributed by atoms with van der Waals surface area (Å²) < 4.78 is 15.5. The smallest absolute Gasteiger partial charge is 0.204 e. The van der Waals surface area contributed by atoms with E-state index in [1.165, 1.54) is 17.7 Å². The van der Waals surface area contributed by atoms with E-state index >= 15 is 0 Å². The van der Waals surface area contributed by atoms with E-state index in [4.69, 9.17) is 4.98 Å². The maximum Gasteiger partial charge on any atom is 0.204 e. The summed E-state index contributed by atoms with van der Waals surface area (Å²) in [7, 11) is 0. The summed E-state index contributed by atoms with van der Waals surface area (Å²) in [4.78, 5) is 7.39. The van der Waals surface area contributed by atoms with Gasteiger partial charge in [0.25, 0.3) is 0 Å². The molecule has 1 fully saturated rings. The van der Waals surface area contributed by atoms with Gasteiger partial charge in [0, 0.05) is 25.7 Å². The fourth-order valence-corrected chi connectivity index (χ4v) is 4.39. The number of nitrogens with zero attached hydrogens (tertiary/aromatic N) is 3. The van der Waals surface area contributed by atoms with Crippen LogP contribution >= 0.6 is 0 Å². The quantitative estimate of drug-likeness (QED) is 0.464. The molecule has 5 rings (SSSR count). The van der Waals surface area contributed by atoms with Crippen molar-refractivity contribution in [1.82, 2.24) is 14.5 Å². The van der Waals surface area contributed by atoms with E-state index < -0.39 is 0 Å². The highest BCUT2D eigenvalue weighted by Gasteiger charge is 2.24. The van der Waals surface area contributed by atoms with E-state index in [0.717, 1.165) is 55.0 Å². The minimum atomic E-state index is -0.209. The van der Waals surface area contributed by atoms with E-state index in [2.05, 4.69) is 51.2 Å². The molecule has 4 nitrogen and oxygen atoms in total. The van der Waals surface area contributed by atoms with E-state index in [1.54, 1.807) is 0 Å². The van der Waals surface area contributed by atoms with Crippen molar-refractivity contribution in [3.8, 4) is 0 Å². The molecule has 5 heteroatoms. The predicted molar refractivity (Wildman–Crippen MR) is 124 cm³/mol. The number of imidazole rings is 1. The summed E-state index contributed by atoms with van der Waals surface area (Å²) >= 11 is 0. The van der Waals surface area contributed by atoms with Crippen molar-refractivity contribution >= 4 is 17.0 Å². The Kier molecular flexibility index (Phi) is 5.67. The second kappa shape index (κ2) is 8.90. The molecule has 1 saturated heterocycles. The number of nitrogens with one attached hydrogen (secondary N) is 1. The highest BCUT2D eigenvalue weighted by Crippen LogP contribution is 2.24. The van der Waals surface area contributed by atoms with Crippen LogP contribution in [0.5, 0.6) is 0 Å². The van der Waals surface area contributed by atoms with Crippen molar-refractivity contribution in [3.05, 3.63) is 95.8 Å². The molecule has 1 aliphatic rings. The first-order chi connectivity index (χ1) is 15.2. The zero-order valence-electron chi connectivity index (χ0n) is 17.5. The molecule has 1 aliphatic heterocycles. The number of aromatic nitrogens is 2. The van der Waals surface area contributed by atoms with Crippen LogP contribution < -0.4 is 5.32 Å². The number of anilines is 1. The van der Waals surface area contributed by atoms with Gasteiger partial charge < -0.3 is 14.8 Å². The molecular formula is C26H27FN4. The Morgan fingerprint density at radius 1 is 0.903 bits per heavy atom. The standard InChI is InChI=1S/C26H27FN4/c27-22-12-10-21(11-13-22)18-31-25-9-5-4-8-24(25)29-26(31)28-23-15-17-30(19-23)16-14-20-6-2-1-3-7-20/h1-13,23H,14-19H2,(H,28,29). The van der Waals surface area contributed by atoms with E-state index in [9.17, 15) is 4.39 Å². The SMILES string of the molecule is Fc1ccc(Cn2c(NC3CCN(CCc4ccccc4)C3)nc3ccccc32)cc1. The highest BCUT2D eigenvalue weighted by molar-refractivity contribution is 5.78. The van der Waals surface area contributed by atoms with Gasteiger partial charge in [-0.3, -0.25) is 0 Å². The Morgan fingerprint density at radius 2 is 1.68 bits per heavy atom. The minimum Gasteiger partial charge on any atom is -0.352 e. The van der Waals surface area contributed by atoms with Gasteiger partial charge in [0.2, 0.25) is 5.95 Å². The highest BCUT2D eigenvalue weighted by atomic mass is 19.1. The first kappa shape index (κ1) is 19.8. The summed E-state index contributed by atoms with van der Waals surface area (Å²) in [6.45, 7) is 3.86. The number of hydrogen-bond acceptors (Lipinski definition) is 3. The van der Waals surface area contributed by atoms with Gasteiger partial charge in [0.05, 0.1) is 17.6 Å². The first-order valence-electron chi connectivity index (χ1n) is 11.0. The van der Waals surface area contributed by atoms with Gasteiger partial charge in [-0.25, -0.2) is 9.37 Å². The molecule has 4 aromatic rings. The third-order valence-electron chi connectivity index (χ3n) is 6.07. The molecule has 0 saturated carbocycles. The molecule has 3 aromatic carbocycles. The Balaban J connectivity index is 1.29. The average molecular weight is 415 g/mol. The van der Waals surface area contributed by atoms with Gasteiger partial charge in [-0.05, 0) is 48.2 Å². The first-order valence-corrected chi connectivity index (χ1v) is 11.0. The maximum atomic E-state index is 13.3. The molecule has 1 N–H and O–H groups in total. The second-order valence-electron chi connectivity index (χ2n) is 8.30. The zero-order valence-corrected chi connectivity index (χ0v) is 17.5. The van der Waals surface area contributed by atoms with Crippen molar-refractivity contribution in [2.45, 2.75) is 25.4 Å². The topological polar surface area (TPSA) is 33.1 Å². The molecule has 2 heterocycles. The lowest BCUT2D eigenvalue weighted by atomic mass is 10.1. The number of hydrogen-bond donors (Lipinski definition) is 1. The van der Waals surface area contributed by atoms with Gasteiger partial charge in [0.15, 0.2) is 0 Å². The summed E-state index contributed by atoms with van der Waals surface area (Å²) in [5, 5.41) is 3.69. The molecule has 0 spiro atoms. The van der Waals surface area contributed by atoms with Crippen LogP contribution in [-0.2, 0) is 13.0 Å². The van der Waals surface area contributed by atoms with Crippen LogP contribution in [0.25, 0.3) is 11.0 Å². The molecule has 158 valence electrons. The summed E-state index contributed by atoms with van der Waals surface area (Å²) in [6.07, 6.45) is 2.19. The van der Waals surface area contributed by atoms with Crippen LogP contribution in [-0.4, -0.2) is 40.1 Å². The van der Waals surface area contributed by atoms with Crippen molar-refractivity contribution in [2.24, 2.45) is 0 Å². The number of rotatable bonds is 7. The molecule has 0 radical (unpaired) electrons. The summed E-state index contributed by atoms with van der Waals surface area (Å²) in [5.74, 6) is 0.680. The van der Waals surface area contributed by atoms with Gasteiger partial charge >= 0.3 is 0 Å². The number of benzene rings is 3. The largest absolute Gasteiger partial charge is 0.352 e. The van der Waals surface area contributed by atoms with Crippen LogP contribution in [0, 0.1) is 5.82 Å². The number of likely N-dealkylation sites (tertiary alicyclic amines) is 1. The van der Waals surface area contributed by atoms with Crippen LogP contribution in [0.2, 0.25) is 0 Å². The van der Waals surface area contributed by atoms with Gasteiger partial charge in [-0.15, -0.1) is 0 Å². The van der Waals surface area contributed by atoms with Crippen molar-refractivity contribution in [1.29, 1.82) is 0 Å². The number of halogens is 1. The van der Waals surface area contributed by atoms with Crippen LogP contribution in [0.4, 0.5) is 10.3 Å². The Hall–Kier alpha value is -3.18. The Labute approximate surface area is 182 Å². The van der Waals surface area contributed by atoms with Gasteiger partial charge in [-0.1, -0.05) is 54.6 Å². The molecule has 0 bridgehead atoms. The van der Waals surface area contributed by atoms with Gasteiger partial charge in [-0.2, -0.15) is 0 Å². The lowest BCUT2D eigenvalue weighted by molar-refractivity contribution is 0.340. The summed E-state index contributed by atoms with van der Waals surface area (Å²) in [6, 6.07) is 26.0. The molecular weight excluding hydrogens is 387 g/mol. The van der Waals surface area contributed by atoms with Crippen molar-refractivity contribution < 1.29 is 4.39 Å². The second-order valence-corrected chi connectivity index (χ2v) is 8.30. The van der Waals surface area contributed by atoms with E-state index in [1.807, 2.05) is 30.3 Å². The fraction of sp³-hybridized carbons (Fsp3) is 0.269. The zero-order chi connectivity index (χ0) is 21.0. The van der Waals surface area contributed by atoms with Crippen molar-refractivity contribution in [3.63, 3.8) is 0 Å². The molecule has 1 unspecified atom stereocenters. The predicted octanol–water partition coefficient (Wildman–Crippen LogP) is 4.95. The lowest BCUT2D eigenvalue weighted by Gasteiger charge is -2.18. The number of para-hydroxylation sites is 2. The lowest BCUT2D eigenvalue weighted by Crippen LogP contribution is -2.28. The van der Waals surface area contributed by atoms with E-state index in [-0.39, 0.29) is 5.82 Å². The Morgan fingerprint density at radius 3 is 2.52 bits per heavy atom. The molecule has 1 atom stereocenters. The minimum absolute atomic E-state index is 0.209. The summed E-state index contributed by atoms with van der Waals surface area (Å²) in [5.41, 5.74) is 4.52. The average Bonchev–Trinajstić information content (AvgIpc) is 3.39. The monoisotopic (exact) mass is 414 g/mol. The van der Waals surface area contributed by atoms with Crippen LogP contribution in [0.15, 0.2) is 78.9 Å². The Bertz CT molecular complexity index is 1140. The maximum absolute atomic E-state index is 13.3. The van der Waals surface area contributed by atoms with E-state index in [0.29, 0.717) is 12.6 Å². The fourth-order valence-electron chi connectivity index (χ4n) is 4.39. The molecule has 0 aliphatic carbocycles. The molecule has 31 heavy (non-hydrogen) atoms. The third-order valence-corrected chi connectivity index (χ3v) is 6.07. The molecule has 1 aromatic heterocycles.